The number of hydrogen-bond acceptors (Lipinski definition) is 5. The highest BCUT2D eigenvalue weighted by Gasteiger charge is 2.26. The topological polar surface area (TPSA) is 49.3 Å². The van der Waals surface area contributed by atoms with Crippen LogP contribution in [0.2, 0.25) is 0 Å². The smallest absolute Gasteiger partial charge is 0.267 e. The lowest BCUT2D eigenvalue weighted by Crippen LogP contribution is -2.48. The van der Waals surface area contributed by atoms with Gasteiger partial charge in [0.05, 0.1) is 0 Å². The van der Waals surface area contributed by atoms with E-state index in [1.807, 2.05) is 54.3 Å². The number of benzene rings is 2. The summed E-state index contributed by atoms with van der Waals surface area (Å²) in [5, 5.41) is 4.22. The van der Waals surface area contributed by atoms with Crippen LogP contribution in [0.5, 0.6) is 0 Å². The van der Waals surface area contributed by atoms with Crippen molar-refractivity contribution in [1.82, 2.24) is 19.4 Å². The number of carbonyl (C=O) groups is 1. The minimum atomic E-state index is 0.0371. The highest BCUT2D eigenvalue weighted by Crippen LogP contribution is 2.26. The van der Waals surface area contributed by atoms with E-state index in [2.05, 4.69) is 38.8 Å². The Morgan fingerprint density at radius 3 is 2.48 bits per heavy atom. The summed E-state index contributed by atoms with van der Waals surface area (Å²) in [6.07, 6.45) is 4.34. The number of nitrogens with zero attached hydrogens (tertiary/aromatic N) is 4. The maximum atomic E-state index is 13.1. The Bertz CT molecular complexity index is 974. The van der Waals surface area contributed by atoms with Crippen molar-refractivity contribution in [2.45, 2.75) is 6.92 Å². The Morgan fingerprint density at radius 1 is 1.03 bits per heavy atom. The number of amides is 1. The molecule has 1 saturated heterocycles. The molecule has 4 rings (SSSR count). The Morgan fingerprint density at radius 2 is 1.76 bits per heavy atom. The van der Waals surface area contributed by atoms with E-state index in [0.717, 1.165) is 38.3 Å². The number of aryl methyl sites for hydroxylation is 1. The molecule has 29 heavy (non-hydrogen) atoms. The lowest BCUT2D eigenvalue weighted by atomic mass is 10.1. The number of carbonyl (C=O) groups excluding carboxylic acids is 1. The van der Waals surface area contributed by atoms with Crippen LogP contribution < -0.4 is 0 Å². The van der Waals surface area contributed by atoms with Gasteiger partial charge in [-0.05, 0) is 24.0 Å². The van der Waals surface area contributed by atoms with Gasteiger partial charge in [0, 0.05) is 38.3 Å². The van der Waals surface area contributed by atoms with Crippen LogP contribution in [-0.2, 0) is 0 Å². The predicted octanol–water partition coefficient (Wildman–Crippen LogP) is 3.98. The van der Waals surface area contributed by atoms with Crippen LogP contribution in [0.15, 0.2) is 60.7 Å². The molecule has 6 heteroatoms. The average Bonchev–Trinajstić information content (AvgIpc) is 3.25. The van der Waals surface area contributed by atoms with Crippen LogP contribution in [0.1, 0.15) is 20.8 Å². The monoisotopic (exact) mass is 404 g/mol. The second-order valence-electron chi connectivity index (χ2n) is 7.22. The maximum absolute atomic E-state index is 13.1. The van der Waals surface area contributed by atoms with E-state index in [4.69, 9.17) is 0 Å². The summed E-state index contributed by atoms with van der Waals surface area (Å²) in [5.74, 6) is 0.0371. The van der Waals surface area contributed by atoms with Gasteiger partial charge in [-0.3, -0.25) is 9.69 Å². The van der Waals surface area contributed by atoms with Crippen molar-refractivity contribution in [3.05, 3.63) is 76.7 Å². The maximum Gasteiger partial charge on any atom is 0.267 e. The zero-order valence-corrected chi connectivity index (χ0v) is 17.3. The lowest BCUT2D eigenvalue weighted by molar-refractivity contribution is 0.0655. The van der Waals surface area contributed by atoms with Gasteiger partial charge >= 0.3 is 0 Å². The molecule has 1 amide bonds. The summed E-state index contributed by atoms with van der Waals surface area (Å²) in [5.41, 5.74) is 4.02. The lowest BCUT2D eigenvalue weighted by Gasteiger charge is -2.33. The number of rotatable bonds is 5. The van der Waals surface area contributed by atoms with Crippen LogP contribution in [0.3, 0.4) is 0 Å². The van der Waals surface area contributed by atoms with E-state index in [0.29, 0.717) is 10.6 Å². The molecule has 0 N–H and O–H groups in total. The van der Waals surface area contributed by atoms with Crippen molar-refractivity contribution in [2.75, 3.05) is 32.7 Å². The molecule has 0 spiro atoms. The van der Waals surface area contributed by atoms with Gasteiger partial charge in [0.1, 0.15) is 10.6 Å². The van der Waals surface area contributed by atoms with Gasteiger partial charge in [-0.1, -0.05) is 76.8 Å². The van der Waals surface area contributed by atoms with Gasteiger partial charge in [0.15, 0.2) is 0 Å². The number of piperazine rings is 1. The Balaban J connectivity index is 1.34. The summed E-state index contributed by atoms with van der Waals surface area (Å²) in [6, 6.07) is 18.4. The second kappa shape index (κ2) is 9.11. The molecule has 2 heterocycles. The van der Waals surface area contributed by atoms with Crippen molar-refractivity contribution in [2.24, 2.45) is 0 Å². The molecule has 0 saturated carbocycles. The SMILES string of the molecule is Cc1ccc(-c2nnsc2C(=O)N2CCN(C/C=C/c3ccccc3)CC2)cc1. The fraction of sp³-hybridized carbons (Fsp3) is 0.261. The molecule has 1 aromatic heterocycles. The molecule has 1 fully saturated rings. The van der Waals surface area contributed by atoms with Crippen LogP contribution >= 0.6 is 11.5 Å². The molecule has 0 aliphatic carbocycles. The predicted molar refractivity (Wildman–Crippen MR) is 118 cm³/mol. The van der Waals surface area contributed by atoms with E-state index in [9.17, 15) is 4.79 Å². The highest BCUT2D eigenvalue weighted by atomic mass is 32.1. The van der Waals surface area contributed by atoms with Crippen molar-refractivity contribution >= 4 is 23.5 Å². The average molecular weight is 405 g/mol. The van der Waals surface area contributed by atoms with Gasteiger partial charge in [0.2, 0.25) is 0 Å². The molecular formula is C23H24N4OS. The largest absolute Gasteiger partial charge is 0.335 e. The molecule has 0 bridgehead atoms. The highest BCUT2D eigenvalue weighted by molar-refractivity contribution is 7.08. The van der Waals surface area contributed by atoms with Crippen LogP contribution in [0.4, 0.5) is 0 Å². The van der Waals surface area contributed by atoms with Gasteiger partial charge in [-0.2, -0.15) is 0 Å². The third-order valence-electron chi connectivity index (χ3n) is 5.14. The first-order chi connectivity index (χ1) is 14.2. The standard InChI is InChI=1S/C23H24N4OS/c1-18-9-11-20(12-10-18)21-22(29-25-24-21)23(28)27-16-14-26(15-17-27)13-5-8-19-6-3-2-4-7-19/h2-12H,13-17H2,1H3/b8-5+. The van der Waals surface area contributed by atoms with E-state index in [1.54, 1.807) is 0 Å². The fourth-order valence-electron chi connectivity index (χ4n) is 3.41. The van der Waals surface area contributed by atoms with Crippen molar-refractivity contribution < 1.29 is 4.79 Å². The zero-order valence-electron chi connectivity index (χ0n) is 16.5. The van der Waals surface area contributed by atoms with E-state index in [-0.39, 0.29) is 5.91 Å². The Kier molecular flexibility index (Phi) is 6.12. The normalized spacial score (nSPS) is 15.1. The molecule has 0 atom stereocenters. The van der Waals surface area contributed by atoms with E-state index < -0.39 is 0 Å². The van der Waals surface area contributed by atoms with Crippen LogP contribution in [0.25, 0.3) is 17.3 Å². The summed E-state index contributed by atoms with van der Waals surface area (Å²) in [7, 11) is 0. The summed E-state index contributed by atoms with van der Waals surface area (Å²) in [6.45, 7) is 6.14. The third kappa shape index (κ3) is 4.78. The number of hydrogen-bond donors (Lipinski definition) is 0. The minimum absolute atomic E-state index is 0.0371. The summed E-state index contributed by atoms with van der Waals surface area (Å²) in [4.78, 5) is 18.0. The van der Waals surface area contributed by atoms with Crippen LogP contribution in [-0.4, -0.2) is 58.0 Å². The fourth-order valence-corrected chi connectivity index (χ4v) is 4.07. The summed E-state index contributed by atoms with van der Waals surface area (Å²) < 4.78 is 4.05. The second-order valence-corrected chi connectivity index (χ2v) is 7.98. The molecule has 148 valence electrons. The molecule has 0 unspecified atom stereocenters. The molecule has 3 aromatic rings. The zero-order chi connectivity index (χ0) is 20.1. The first-order valence-electron chi connectivity index (χ1n) is 9.83. The third-order valence-corrected chi connectivity index (χ3v) is 5.85. The Hall–Kier alpha value is -2.83. The number of aromatic nitrogens is 2. The van der Waals surface area contributed by atoms with Gasteiger partial charge < -0.3 is 4.90 Å². The molecule has 2 aromatic carbocycles. The quantitative estimate of drug-likeness (QED) is 0.645. The van der Waals surface area contributed by atoms with E-state index in [1.165, 1.54) is 22.7 Å². The van der Waals surface area contributed by atoms with Crippen molar-refractivity contribution in [3.8, 4) is 11.3 Å². The van der Waals surface area contributed by atoms with Gasteiger partial charge in [-0.25, -0.2) is 0 Å². The van der Waals surface area contributed by atoms with Crippen LogP contribution in [0, 0.1) is 6.92 Å². The molecule has 1 aliphatic rings. The molecule has 5 nitrogen and oxygen atoms in total. The first-order valence-corrected chi connectivity index (χ1v) is 10.6. The van der Waals surface area contributed by atoms with Gasteiger partial charge in [-0.15, -0.1) is 5.10 Å². The summed E-state index contributed by atoms with van der Waals surface area (Å²) >= 11 is 1.19. The molecule has 1 aliphatic heterocycles. The van der Waals surface area contributed by atoms with Crippen molar-refractivity contribution in [3.63, 3.8) is 0 Å². The Labute approximate surface area is 175 Å². The van der Waals surface area contributed by atoms with Gasteiger partial charge in [0.25, 0.3) is 5.91 Å². The van der Waals surface area contributed by atoms with Crippen molar-refractivity contribution in [1.29, 1.82) is 0 Å². The molecule has 0 radical (unpaired) electrons. The molecular weight excluding hydrogens is 380 g/mol. The first kappa shape index (κ1) is 19.5. The van der Waals surface area contributed by atoms with E-state index >= 15 is 0 Å². The minimum Gasteiger partial charge on any atom is -0.335 e.